The predicted octanol–water partition coefficient (Wildman–Crippen LogP) is 1.54. The Kier molecular flexibility index (Phi) is 4.11. The Morgan fingerprint density at radius 3 is 2.30 bits per heavy atom. The highest BCUT2D eigenvalue weighted by atomic mass is 16.6. The molecule has 0 atom stereocenters. The molecule has 20 heavy (non-hydrogen) atoms. The van der Waals surface area contributed by atoms with Crippen molar-refractivity contribution in [1.29, 1.82) is 10.5 Å². The highest BCUT2D eigenvalue weighted by Crippen LogP contribution is 2.27. The first kappa shape index (κ1) is 15.2. The number of Topliss-reactive ketones (excluding diaryl/α,β-unsaturated/α-hetero) is 1. The number of benzene rings is 1. The molecule has 0 heterocycles. The fourth-order valence-corrected chi connectivity index (χ4v) is 1.78. The summed E-state index contributed by atoms with van der Waals surface area (Å²) in [5.41, 5.74) is 4.15. The predicted molar refractivity (Wildman–Crippen MR) is 70.5 cm³/mol. The Hall–Kier alpha value is -2.86. The molecule has 0 aromatic heterocycles. The van der Waals surface area contributed by atoms with Crippen LogP contribution in [0.1, 0.15) is 42.3 Å². The van der Waals surface area contributed by atoms with Crippen LogP contribution in [-0.2, 0) is 9.53 Å². The lowest BCUT2D eigenvalue weighted by Gasteiger charge is -2.24. The largest absolute Gasteiger partial charge is 0.451 e. The van der Waals surface area contributed by atoms with Crippen LogP contribution in [0, 0.1) is 22.7 Å². The van der Waals surface area contributed by atoms with E-state index in [0.29, 0.717) is 0 Å². The van der Waals surface area contributed by atoms with Gasteiger partial charge in [-0.3, -0.25) is 9.59 Å². The number of hydrogen-bond acceptors (Lipinski definition) is 6. The number of ketones is 1. The molecule has 0 spiro atoms. The Bertz CT molecular complexity index is 663. The van der Waals surface area contributed by atoms with Gasteiger partial charge in [-0.15, -0.1) is 0 Å². The van der Waals surface area contributed by atoms with Gasteiger partial charge in [0.25, 0.3) is 0 Å². The Labute approximate surface area is 116 Å². The van der Waals surface area contributed by atoms with E-state index in [9.17, 15) is 9.59 Å². The third-order valence-corrected chi connectivity index (χ3v) is 2.64. The van der Waals surface area contributed by atoms with Gasteiger partial charge in [0.05, 0.1) is 16.7 Å². The number of esters is 1. The molecule has 0 aliphatic carbocycles. The molecule has 0 radical (unpaired) electrons. The number of carbonyl (C=O) groups excluding carboxylic acids is 2. The van der Waals surface area contributed by atoms with E-state index in [-0.39, 0.29) is 22.4 Å². The van der Waals surface area contributed by atoms with Crippen molar-refractivity contribution in [1.82, 2.24) is 0 Å². The van der Waals surface area contributed by atoms with Crippen LogP contribution >= 0.6 is 0 Å². The second kappa shape index (κ2) is 5.41. The SMILES string of the molecule is CC(=O)OC(C)(C)C(=O)c1c(N)ccc(C#N)c1C#N. The van der Waals surface area contributed by atoms with E-state index in [1.807, 2.05) is 6.07 Å². The maximum atomic E-state index is 12.5. The number of nitriles is 2. The van der Waals surface area contributed by atoms with Crippen LogP contribution in [0.3, 0.4) is 0 Å². The minimum absolute atomic E-state index is 0.0451. The van der Waals surface area contributed by atoms with Crippen molar-refractivity contribution >= 4 is 17.4 Å². The van der Waals surface area contributed by atoms with E-state index < -0.39 is 17.4 Å². The molecule has 0 saturated carbocycles. The molecule has 1 rings (SSSR count). The van der Waals surface area contributed by atoms with Gasteiger partial charge in [-0.2, -0.15) is 10.5 Å². The van der Waals surface area contributed by atoms with Gasteiger partial charge in [-0.1, -0.05) is 0 Å². The molecule has 0 saturated heterocycles. The molecule has 1 aromatic carbocycles. The Morgan fingerprint density at radius 1 is 1.25 bits per heavy atom. The zero-order valence-electron chi connectivity index (χ0n) is 11.4. The van der Waals surface area contributed by atoms with E-state index in [1.54, 1.807) is 6.07 Å². The van der Waals surface area contributed by atoms with Crippen LogP contribution in [0.25, 0.3) is 0 Å². The molecule has 0 bridgehead atoms. The van der Waals surface area contributed by atoms with Crippen LogP contribution in [0.4, 0.5) is 5.69 Å². The number of nitrogens with two attached hydrogens (primary N) is 1. The Balaban J connectivity index is 3.48. The van der Waals surface area contributed by atoms with Crippen molar-refractivity contribution in [3.8, 4) is 12.1 Å². The molecule has 1 aromatic rings. The van der Waals surface area contributed by atoms with E-state index in [4.69, 9.17) is 21.0 Å². The summed E-state index contributed by atoms with van der Waals surface area (Å²) in [6, 6.07) is 6.36. The van der Waals surface area contributed by atoms with Crippen molar-refractivity contribution in [2.45, 2.75) is 26.4 Å². The lowest BCUT2D eigenvalue weighted by atomic mass is 9.90. The van der Waals surface area contributed by atoms with Crippen molar-refractivity contribution < 1.29 is 14.3 Å². The van der Waals surface area contributed by atoms with Gasteiger partial charge in [-0.05, 0) is 26.0 Å². The highest BCUT2D eigenvalue weighted by Gasteiger charge is 2.35. The standard InChI is InChI=1S/C14H13N3O3/c1-8(18)20-14(2,3)13(19)12-10(7-16)9(6-15)4-5-11(12)17/h4-5H,17H2,1-3H3. The maximum Gasteiger partial charge on any atom is 0.303 e. The van der Waals surface area contributed by atoms with Crippen molar-refractivity contribution in [2.24, 2.45) is 0 Å². The Morgan fingerprint density at radius 2 is 1.85 bits per heavy atom. The molecule has 0 unspecified atom stereocenters. The summed E-state index contributed by atoms with van der Waals surface area (Å²) in [7, 11) is 0. The first-order valence-electron chi connectivity index (χ1n) is 5.71. The van der Waals surface area contributed by atoms with Crippen LogP contribution in [0.2, 0.25) is 0 Å². The number of nitrogen functional groups attached to an aromatic ring is 1. The van der Waals surface area contributed by atoms with E-state index in [0.717, 1.165) is 0 Å². The molecular weight excluding hydrogens is 258 g/mol. The third-order valence-electron chi connectivity index (χ3n) is 2.64. The van der Waals surface area contributed by atoms with Crippen LogP contribution in [-0.4, -0.2) is 17.4 Å². The number of nitrogens with zero attached hydrogens (tertiary/aromatic N) is 2. The molecule has 0 aliphatic rings. The van der Waals surface area contributed by atoms with E-state index in [2.05, 4.69) is 0 Å². The van der Waals surface area contributed by atoms with E-state index in [1.165, 1.54) is 32.9 Å². The second-order valence-corrected chi connectivity index (χ2v) is 4.61. The topological polar surface area (TPSA) is 117 Å². The van der Waals surface area contributed by atoms with Crippen molar-refractivity contribution in [2.75, 3.05) is 5.73 Å². The van der Waals surface area contributed by atoms with Gasteiger partial charge in [0.2, 0.25) is 5.78 Å². The summed E-state index contributed by atoms with van der Waals surface area (Å²) in [6.07, 6.45) is 0. The fraction of sp³-hybridized carbons (Fsp3) is 0.286. The summed E-state index contributed by atoms with van der Waals surface area (Å²) in [5, 5.41) is 18.1. The summed E-state index contributed by atoms with van der Waals surface area (Å²) in [6.45, 7) is 3.97. The van der Waals surface area contributed by atoms with Gasteiger partial charge in [0.1, 0.15) is 12.1 Å². The highest BCUT2D eigenvalue weighted by molar-refractivity contribution is 6.08. The minimum atomic E-state index is -1.47. The number of carbonyl (C=O) groups is 2. The number of ether oxygens (including phenoxy) is 1. The first-order valence-corrected chi connectivity index (χ1v) is 5.71. The second-order valence-electron chi connectivity index (χ2n) is 4.61. The zero-order chi connectivity index (χ0) is 15.5. The van der Waals surface area contributed by atoms with Crippen LogP contribution in [0.5, 0.6) is 0 Å². The molecule has 0 fully saturated rings. The molecular formula is C14H13N3O3. The van der Waals surface area contributed by atoms with Gasteiger partial charge in [-0.25, -0.2) is 0 Å². The van der Waals surface area contributed by atoms with Gasteiger partial charge >= 0.3 is 5.97 Å². The minimum Gasteiger partial charge on any atom is -0.451 e. The average molecular weight is 271 g/mol. The molecule has 2 N–H and O–H groups in total. The van der Waals surface area contributed by atoms with E-state index >= 15 is 0 Å². The fourth-order valence-electron chi connectivity index (χ4n) is 1.78. The number of rotatable bonds is 3. The van der Waals surface area contributed by atoms with Crippen molar-refractivity contribution in [3.05, 3.63) is 28.8 Å². The summed E-state index contributed by atoms with van der Waals surface area (Å²) >= 11 is 0. The maximum absolute atomic E-state index is 12.5. The lowest BCUT2D eigenvalue weighted by Crippen LogP contribution is -2.37. The molecule has 6 nitrogen and oxygen atoms in total. The number of hydrogen-bond donors (Lipinski definition) is 1. The van der Waals surface area contributed by atoms with Crippen LogP contribution < -0.4 is 5.73 Å². The van der Waals surface area contributed by atoms with Gasteiger partial charge in [0, 0.05) is 12.6 Å². The first-order chi connectivity index (χ1) is 9.24. The molecule has 0 aliphatic heterocycles. The number of anilines is 1. The summed E-state index contributed by atoms with van der Waals surface area (Å²) < 4.78 is 4.95. The lowest BCUT2D eigenvalue weighted by molar-refractivity contribution is -0.149. The zero-order valence-corrected chi connectivity index (χ0v) is 11.4. The summed E-state index contributed by atoms with van der Waals surface area (Å²) in [4.78, 5) is 23.5. The van der Waals surface area contributed by atoms with Crippen LogP contribution in [0.15, 0.2) is 12.1 Å². The normalized spacial score (nSPS) is 10.2. The smallest absolute Gasteiger partial charge is 0.303 e. The third kappa shape index (κ3) is 2.76. The summed E-state index contributed by atoms with van der Waals surface area (Å²) in [5.74, 6) is -1.25. The monoisotopic (exact) mass is 271 g/mol. The average Bonchev–Trinajstić information content (AvgIpc) is 2.35. The van der Waals surface area contributed by atoms with Gasteiger partial charge in [0.15, 0.2) is 5.60 Å². The molecule has 102 valence electrons. The van der Waals surface area contributed by atoms with Gasteiger partial charge < -0.3 is 10.5 Å². The molecule has 6 heteroatoms. The van der Waals surface area contributed by atoms with Crippen molar-refractivity contribution in [3.63, 3.8) is 0 Å². The molecule has 0 amide bonds. The quantitative estimate of drug-likeness (QED) is 0.506.